The third kappa shape index (κ3) is 3.29. The normalized spacial score (nSPS) is 17.3. The van der Waals surface area contributed by atoms with E-state index in [0.29, 0.717) is 22.8 Å². The minimum Gasteiger partial charge on any atom is -0.480 e. The number of nitrogens with one attached hydrogen (secondary N) is 1. The van der Waals surface area contributed by atoms with Crippen molar-refractivity contribution in [1.29, 1.82) is 0 Å². The van der Waals surface area contributed by atoms with Crippen LogP contribution in [0.4, 0.5) is 8.78 Å². The summed E-state index contributed by atoms with van der Waals surface area (Å²) in [5.41, 5.74) is 1.36. The van der Waals surface area contributed by atoms with Gasteiger partial charge in [-0.05, 0) is 48.4 Å². The fraction of sp³-hybridized carbons (Fsp3) is 0.235. The Kier molecular flexibility index (Phi) is 4.22. The summed E-state index contributed by atoms with van der Waals surface area (Å²) < 4.78 is 31.8. The second-order valence-electron chi connectivity index (χ2n) is 5.47. The van der Waals surface area contributed by atoms with E-state index in [1.165, 1.54) is 6.07 Å². The summed E-state index contributed by atoms with van der Waals surface area (Å²) in [6, 6.07) is 8.28. The molecule has 1 heterocycles. The molecule has 0 aromatic heterocycles. The fourth-order valence-corrected chi connectivity index (χ4v) is 2.73. The van der Waals surface area contributed by atoms with Crippen LogP contribution in [0.25, 0.3) is 0 Å². The smallest absolute Gasteiger partial charge is 0.261 e. The van der Waals surface area contributed by atoms with Crippen molar-refractivity contribution in [2.75, 3.05) is 0 Å². The minimum absolute atomic E-state index is 0.311. The van der Waals surface area contributed by atoms with Gasteiger partial charge in [-0.2, -0.15) is 0 Å². The van der Waals surface area contributed by atoms with E-state index < -0.39 is 23.8 Å². The molecule has 23 heavy (non-hydrogen) atoms. The van der Waals surface area contributed by atoms with Gasteiger partial charge in [-0.3, -0.25) is 4.79 Å². The number of carbonyl (C=O) groups excluding carboxylic acids is 1. The van der Waals surface area contributed by atoms with Gasteiger partial charge >= 0.3 is 0 Å². The van der Waals surface area contributed by atoms with Crippen LogP contribution >= 0.6 is 11.6 Å². The molecule has 0 saturated carbocycles. The van der Waals surface area contributed by atoms with Crippen molar-refractivity contribution in [3.05, 3.63) is 64.2 Å². The highest BCUT2D eigenvalue weighted by Crippen LogP contribution is 2.31. The van der Waals surface area contributed by atoms with Crippen LogP contribution in [0.3, 0.4) is 0 Å². The molecule has 1 aliphatic heterocycles. The fourth-order valence-electron chi connectivity index (χ4n) is 2.53. The molecule has 1 aliphatic rings. The number of hydrogen-bond donors (Lipinski definition) is 1. The molecule has 0 radical (unpaired) electrons. The predicted octanol–water partition coefficient (Wildman–Crippen LogP) is 3.80. The standard InChI is InChI=1S/C17H14ClF2NO2/c1-9(10-2-4-13(19)14(20)7-10)21-17(22)16-8-11-6-12(18)3-5-15(11)23-16/h2-7,9,16H,8H2,1H3,(H,21,22). The Bertz CT molecular complexity index is 766. The zero-order chi connectivity index (χ0) is 16.6. The van der Waals surface area contributed by atoms with Gasteiger partial charge in [0.1, 0.15) is 5.75 Å². The summed E-state index contributed by atoms with van der Waals surface area (Å²) in [4.78, 5) is 12.3. The number of rotatable bonds is 3. The number of benzene rings is 2. The van der Waals surface area contributed by atoms with E-state index in [2.05, 4.69) is 5.32 Å². The zero-order valence-electron chi connectivity index (χ0n) is 12.3. The first-order valence-corrected chi connectivity index (χ1v) is 7.52. The zero-order valence-corrected chi connectivity index (χ0v) is 13.0. The van der Waals surface area contributed by atoms with E-state index >= 15 is 0 Å². The third-order valence-corrected chi connectivity index (χ3v) is 4.03. The number of fused-ring (bicyclic) bond motifs is 1. The molecule has 3 rings (SSSR count). The van der Waals surface area contributed by atoms with E-state index in [9.17, 15) is 13.6 Å². The first kappa shape index (κ1) is 15.7. The average Bonchev–Trinajstić information content (AvgIpc) is 2.93. The molecular weight excluding hydrogens is 324 g/mol. The second kappa shape index (κ2) is 6.16. The highest BCUT2D eigenvalue weighted by atomic mass is 35.5. The molecule has 1 N–H and O–H groups in total. The highest BCUT2D eigenvalue weighted by Gasteiger charge is 2.30. The molecule has 0 bridgehead atoms. The van der Waals surface area contributed by atoms with Crippen LogP contribution in [0.15, 0.2) is 36.4 Å². The van der Waals surface area contributed by atoms with E-state index in [1.54, 1.807) is 25.1 Å². The average molecular weight is 338 g/mol. The molecule has 2 aromatic rings. The van der Waals surface area contributed by atoms with Gasteiger partial charge in [0.2, 0.25) is 0 Å². The van der Waals surface area contributed by atoms with Crippen LogP contribution in [0.2, 0.25) is 5.02 Å². The molecule has 0 aliphatic carbocycles. The highest BCUT2D eigenvalue weighted by molar-refractivity contribution is 6.30. The molecule has 1 amide bonds. The molecule has 120 valence electrons. The first-order valence-electron chi connectivity index (χ1n) is 7.14. The molecule has 2 unspecified atom stereocenters. The molecule has 0 spiro atoms. The van der Waals surface area contributed by atoms with Gasteiger partial charge < -0.3 is 10.1 Å². The minimum atomic E-state index is -0.942. The van der Waals surface area contributed by atoms with Crippen LogP contribution in [-0.4, -0.2) is 12.0 Å². The second-order valence-corrected chi connectivity index (χ2v) is 5.90. The van der Waals surface area contributed by atoms with Gasteiger partial charge in [0, 0.05) is 11.4 Å². The lowest BCUT2D eigenvalue weighted by molar-refractivity contribution is -0.127. The van der Waals surface area contributed by atoms with Crippen molar-refractivity contribution < 1.29 is 18.3 Å². The molecule has 0 fully saturated rings. The van der Waals surface area contributed by atoms with Crippen molar-refractivity contribution in [2.45, 2.75) is 25.5 Å². The van der Waals surface area contributed by atoms with Crippen LogP contribution in [-0.2, 0) is 11.2 Å². The third-order valence-electron chi connectivity index (χ3n) is 3.79. The number of hydrogen-bond acceptors (Lipinski definition) is 2. The summed E-state index contributed by atoms with van der Waals surface area (Å²) in [5, 5.41) is 3.33. The SMILES string of the molecule is CC(NC(=O)C1Cc2cc(Cl)ccc2O1)c1ccc(F)c(F)c1. The van der Waals surface area contributed by atoms with Crippen LogP contribution in [0, 0.1) is 11.6 Å². The van der Waals surface area contributed by atoms with E-state index in [4.69, 9.17) is 16.3 Å². The molecule has 3 nitrogen and oxygen atoms in total. The van der Waals surface area contributed by atoms with E-state index in [0.717, 1.165) is 17.7 Å². The van der Waals surface area contributed by atoms with Crippen molar-refractivity contribution in [3.8, 4) is 5.75 Å². The number of carbonyl (C=O) groups is 1. The van der Waals surface area contributed by atoms with Crippen LogP contribution in [0.1, 0.15) is 24.1 Å². The van der Waals surface area contributed by atoms with E-state index in [-0.39, 0.29) is 5.91 Å². The Hall–Kier alpha value is -2.14. The summed E-state index contributed by atoms with van der Waals surface area (Å²) in [6.07, 6.45) is -0.233. The maximum atomic E-state index is 13.3. The van der Waals surface area contributed by atoms with Crippen molar-refractivity contribution in [1.82, 2.24) is 5.32 Å². The van der Waals surface area contributed by atoms with Gasteiger partial charge in [-0.15, -0.1) is 0 Å². The topological polar surface area (TPSA) is 38.3 Å². The summed E-state index contributed by atoms with van der Waals surface area (Å²) >= 11 is 5.92. The van der Waals surface area contributed by atoms with Crippen molar-refractivity contribution in [3.63, 3.8) is 0 Å². The summed E-state index contributed by atoms with van der Waals surface area (Å²) in [5.74, 6) is -1.54. The number of halogens is 3. The van der Waals surface area contributed by atoms with Gasteiger partial charge in [-0.25, -0.2) is 8.78 Å². The van der Waals surface area contributed by atoms with Gasteiger partial charge in [-0.1, -0.05) is 17.7 Å². The monoisotopic (exact) mass is 337 g/mol. The van der Waals surface area contributed by atoms with E-state index in [1.807, 2.05) is 0 Å². The Morgan fingerprint density at radius 3 is 2.78 bits per heavy atom. The molecule has 6 heteroatoms. The lowest BCUT2D eigenvalue weighted by Gasteiger charge is -2.17. The number of amides is 1. The van der Waals surface area contributed by atoms with Gasteiger partial charge in [0.25, 0.3) is 5.91 Å². The van der Waals surface area contributed by atoms with Crippen molar-refractivity contribution >= 4 is 17.5 Å². The summed E-state index contributed by atoms with van der Waals surface area (Å²) in [6.45, 7) is 1.70. The first-order chi connectivity index (χ1) is 10.9. The Morgan fingerprint density at radius 2 is 2.04 bits per heavy atom. The number of ether oxygens (including phenoxy) is 1. The molecule has 0 saturated heterocycles. The lowest BCUT2D eigenvalue weighted by Crippen LogP contribution is -2.38. The van der Waals surface area contributed by atoms with Gasteiger partial charge in [0.05, 0.1) is 6.04 Å². The van der Waals surface area contributed by atoms with Crippen LogP contribution in [0.5, 0.6) is 5.75 Å². The Balaban J connectivity index is 1.67. The molecule has 2 aromatic carbocycles. The largest absolute Gasteiger partial charge is 0.480 e. The molecular formula is C17H14ClF2NO2. The van der Waals surface area contributed by atoms with Crippen molar-refractivity contribution in [2.24, 2.45) is 0 Å². The Labute approximate surface area is 137 Å². The summed E-state index contributed by atoms with van der Waals surface area (Å²) in [7, 11) is 0. The van der Waals surface area contributed by atoms with Crippen LogP contribution < -0.4 is 10.1 Å². The maximum Gasteiger partial charge on any atom is 0.261 e. The maximum absolute atomic E-state index is 13.3. The Morgan fingerprint density at radius 1 is 1.26 bits per heavy atom. The lowest BCUT2D eigenvalue weighted by atomic mass is 10.1. The predicted molar refractivity (Wildman–Crippen MR) is 82.5 cm³/mol. The quantitative estimate of drug-likeness (QED) is 0.925. The molecule has 2 atom stereocenters. The van der Waals surface area contributed by atoms with Gasteiger partial charge in [0.15, 0.2) is 17.7 Å².